The highest BCUT2D eigenvalue weighted by atomic mass is 16.5. The van der Waals surface area contributed by atoms with Gasteiger partial charge in [-0.25, -0.2) is 0 Å². The third-order valence-corrected chi connectivity index (χ3v) is 0.904. The van der Waals surface area contributed by atoms with Crippen LogP contribution in [0.15, 0.2) is 17.3 Å². The standard InChI is InChI=1S/C7H12N2O2/c1-9(2)5-4-7(11-3)8-6-10/h4-6H,1-3H3/b5-4-,8-7?. The monoisotopic (exact) mass is 156 g/mol. The van der Waals surface area contributed by atoms with Crippen molar-refractivity contribution in [2.45, 2.75) is 0 Å². The zero-order valence-corrected chi connectivity index (χ0v) is 6.94. The highest BCUT2D eigenvalue weighted by molar-refractivity contribution is 5.91. The lowest BCUT2D eigenvalue weighted by Crippen LogP contribution is -2.04. The van der Waals surface area contributed by atoms with Crippen molar-refractivity contribution < 1.29 is 9.53 Å². The van der Waals surface area contributed by atoms with Gasteiger partial charge >= 0.3 is 0 Å². The van der Waals surface area contributed by atoms with Crippen molar-refractivity contribution >= 4 is 12.3 Å². The number of amides is 1. The summed E-state index contributed by atoms with van der Waals surface area (Å²) in [7, 11) is 5.19. The summed E-state index contributed by atoms with van der Waals surface area (Å²) >= 11 is 0. The lowest BCUT2D eigenvalue weighted by molar-refractivity contribution is -0.106. The average molecular weight is 156 g/mol. The maximum Gasteiger partial charge on any atom is 0.236 e. The Hall–Kier alpha value is -1.32. The predicted molar refractivity (Wildman–Crippen MR) is 43.3 cm³/mol. The normalized spacial score (nSPS) is 11.7. The summed E-state index contributed by atoms with van der Waals surface area (Å²) in [5, 5.41) is 0. The van der Waals surface area contributed by atoms with Crippen molar-refractivity contribution in [3.05, 3.63) is 12.3 Å². The van der Waals surface area contributed by atoms with Crippen LogP contribution in [-0.4, -0.2) is 38.4 Å². The zero-order chi connectivity index (χ0) is 8.69. The Morgan fingerprint density at radius 1 is 1.55 bits per heavy atom. The first kappa shape index (κ1) is 9.68. The number of ether oxygens (including phenoxy) is 1. The first-order valence-electron chi connectivity index (χ1n) is 3.10. The second kappa shape index (κ2) is 5.46. The Morgan fingerprint density at radius 3 is 2.55 bits per heavy atom. The van der Waals surface area contributed by atoms with E-state index in [-0.39, 0.29) is 0 Å². The molecule has 0 atom stereocenters. The van der Waals surface area contributed by atoms with Gasteiger partial charge in [0, 0.05) is 26.4 Å². The Labute approximate surface area is 66.2 Å². The Bertz CT molecular complexity index is 173. The number of nitrogens with zero attached hydrogens (tertiary/aromatic N) is 2. The third kappa shape index (κ3) is 5.14. The summed E-state index contributed by atoms with van der Waals surface area (Å²) in [6, 6.07) is 0. The van der Waals surface area contributed by atoms with Crippen molar-refractivity contribution in [2.75, 3.05) is 21.2 Å². The van der Waals surface area contributed by atoms with E-state index in [9.17, 15) is 4.79 Å². The lowest BCUT2D eigenvalue weighted by atomic mass is 10.6. The Balaban J connectivity index is 4.07. The van der Waals surface area contributed by atoms with Crippen LogP contribution in [-0.2, 0) is 9.53 Å². The second-order valence-electron chi connectivity index (χ2n) is 2.06. The second-order valence-corrected chi connectivity index (χ2v) is 2.06. The summed E-state index contributed by atoms with van der Waals surface area (Å²) < 4.78 is 4.75. The summed E-state index contributed by atoms with van der Waals surface area (Å²) in [5.41, 5.74) is 0. The van der Waals surface area contributed by atoms with E-state index < -0.39 is 0 Å². The SMILES string of the molecule is COC(/C=C\N(C)C)=NC=O. The highest BCUT2D eigenvalue weighted by Crippen LogP contribution is 1.83. The number of aliphatic imine (C=N–C) groups is 1. The maximum atomic E-state index is 9.90. The number of hydrogen-bond acceptors (Lipinski definition) is 3. The molecule has 0 N–H and O–H groups in total. The van der Waals surface area contributed by atoms with E-state index in [1.54, 1.807) is 12.3 Å². The molecule has 0 radical (unpaired) electrons. The van der Waals surface area contributed by atoms with E-state index in [2.05, 4.69) is 4.99 Å². The van der Waals surface area contributed by atoms with Gasteiger partial charge in [0.2, 0.25) is 12.3 Å². The summed E-state index contributed by atoms with van der Waals surface area (Å²) in [5.74, 6) is 0.300. The molecule has 0 aromatic rings. The van der Waals surface area contributed by atoms with Crippen molar-refractivity contribution in [1.82, 2.24) is 4.90 Å². The fourth-order valence-electron chi connectivity index (χ4n) is 0.429. The summed E-state index contributed by atoms with van der Waals surface area (Å²) in [6.07, 6.45) is 3.79. The topological polar surface area (TPSA) is 41.9 Å². The quantitative estimate of drug-likeness (QED) is 0.334. The molecule has 4 nitrogen and oxygen atoms in total. The maximum absolute atomic E-state index is 9.90. The highest BCUT2D eigenvalue weighted by Gasteiger charge is 1.88. The molecule has 1 amide bonds. The van der Waals surface area contributed by atoms with Gasteiger partial charge in [-0.05, 0) is 0 Å². The van der Waals surface area contributed by atoms with Crippen molar-refractivity contribution in [3.63, 3.8) is 0 Å². The molecule has 0 aliphatic rings. The largest absolute Gasteiger partial charge is 0.481 e. The molecule has 4 heteroatoms. The molecular weight excluding hydrogens is 144 g/mol. The minimum absolute atomic E-state index is 0.300. The van der Waals surface area contributed by atoms with Crippen LogP contribution in [0.5, 0.6) is 0 Å². The van der Waals surface area contributed by atoms with E-state index in [1.807, 2.05) is 19.0 Å². The minimum atomic E-state index is 0.300. The van der Waals surface area contributed by atoms with Crippen LogP contribution in [0.1, 0.15) is 0 Å². The molecule has 0 heterocycles. The van der Waals surface area contributed by atoms with Crippen LogP contribution < -0.4 is 0 Å². The molecule has 0 aromatic carbocycles. The number of methoxy groups -OCH3 is 1. The molecule has 0 aromatic heterocycles. The molecule has 0 saturated heterocycles. The molecule has 0 spiro atoms. The van der Waals surface area contributed by atoms with Crippen LogP contribution >= 0.6 is 0 Å². The number of rotatable bonds is 3. The van der Waals surface area contributed by atoms with Gasteiger partial charge in [-0.15, -0.1) is 0 Å². The van der Waals surface area contributed by atoms with Crippen molar-refractivity contribution in [3.8, 4) is 0 Å². The summed E-state index contributed by atoms with van der Waals surface area (Å²) in [6.45, 7) is 0. The molecular formula is C7H12N2O2. The van der Waals surface area contributed by atoms with Gasteiger partial charge in [-0.1, -0.05) is 0 Å². The molecule has 0 saturated carbocycles. The zero-order valence-electron chi connectivity index (χ0n) is 6.94. The first-order valence-corrected chi connectivity index (χ1v) is 3.10. The van der Waals surface area contributed by atoms with E-state index in [0.29, 0.717) is 12.3 Å². The molecule has 0 aliphatic heterocycles. The molecule has 0 aliphatic carbocycles. The molecule has 0 bridgehead atoms. The van der Waals surface area contributed by atoms with Crippen LogP contribution in [0.2, 0.25) is 0 Å². The van der Waals surface area contributed by atoms with Gasteiger partial charge in [0.1, 0.15) is 0 Å². The van der Waals surface area contributed by atoms with E-state index in [1.165, 1.54) is 7.11 Å². The van der Waals surface area contributed by atoms with E-state index in [0.717, 1.165) is 0 Å². The average Bonchev–Trinajstić information content (AvgIpc) is 1.97. The minimum Gasteiger partial charge on any atom is -0.481 e. The van der Waals surface area contributed by atoms with E-state index >= 15 is 0 Å². The fraction of sp³-hybridized carbons (Fsp3) is 0.429. The van der Waals surface area contributed by atoms with Gasteiger partial charge in [0.15, 0.2) is 0 Å². The van der Waals surface area contributed by atoms with Crippen molar-refractivity contribution in [2.24, 2.45) is 4.99 Å². The summed E-state index contributed by atoms with van der Waals surface area (Å²) in [4.78, 5) is 15.1. The smallest absolute Gasteiger partial charge is 0.236 e. The fourth-order valence-corrected chi connectivity index (χ4v) is 0.429. The van der Waals surface area contributed by atoms with Gasteiger partial charge < -0.3 is 9.64 Å². The number of hydrogen-bond donors (Lipinski definition) is 0. The number of carbonyl (C=O) groups excluding carboxylic acids is 1. The van der Waals surface area contributed by atoms with Crippen LogP contribution in [0.3, 0.4) is 0 Å². The Morgan fingerprint density at radius 2 is 2.18 bits per heavy atom. The van der Waals surface area contributed by atoms with Gasteiger partial charge in [0.25, 0.3) is 0 Å². The third-order valence-electron chi connectivity index (χ3n) is 0.904. The molecule has 0 unspecified atom stereocenters. The number of carbonyl (C=O) groups is 1. The predicted octanol–water partition coefficient (Wildman–Crippen LogP) is 0.263. The van der Waals surface area contributed by atoms with Gasteiger partial charge in [0.05, 0.1) is 7.11 Å². The molecule has 0 fully saturated rings. The van der Waals surface area contributed by atoms with Crippen LogP contribution in [0.4, 0.5) is 0 Å². The molecule has 11 heavy (non-hydrogen) atoms. The van der Waals surface area contributed by atoms with E-state index in [4.69, 9.17) is 4.74 Å². The van der Waals surface area contributed by atoms with Gasteiger partial charge in [-0.2, -0.15) is 4.99 Å². The van der Waals surface area contributed by atoms with Crippen LogP contribution in [0, 0.1) is 0 Å². The molecule has 0 rings (SSSR count). The van der Waals surface area contributed by atoms with Crippen LogP contribution in [0.25, 0.3) is 0 Å². The Kier molecular flexibility index (Phi) is 4.81. The first-order chi connectivity index (χ1) is 5.20. The van der Waals surface area contributed by atoms with Crippen molar-refractivity contribution in [1.29, 1.82) is 0 Å². The molecule has 62 valence electrons. The van der Waals surface area contributed by atoms with Gasteiger partial charge in [-0.3, -0.25) is 4.79 Å². The lowest BCUT2D eigenvalue weighted by Gasteiger charge is -2.03.